The van der Waals surface area contributed by atoms with Gasteiger partial charge in [-0.05, 0) is 31.5 Å². The molecule has 0 fully saturated rings. The Morgan fingerprint density at radius 3 is 2.61 bits per heavy atom. The molecule has 1 unspecified atom stereocenters. The fraction of sp³-hybridized carbons (Fsp3) is 0.385. The molecule has 0 bridgehead atoms. The van der Waals surface area contributed by atoms with Crippen molar-refractivity contribution in [2.75, 3.05) is 11.9 Å². The lowest BCUT2D eigenvalue weighted by Crippen LogP contribution is -2.43. The Hall–Kier alpha value is -0.870. The zero-order valence-electron chi connectivity index (χ0n) is 10.2. The van der Waals surface area contributed by atoms with Gasteiger partial charge in [0.1, 0.15) is 5.41 Å². The molecule has 0 amide bonds. The largest absolute Gasteiger partial charge is 0.465 e. The number of hydrogen-bond donors (Lipinski definition) is 0. The third-order valence-corrected chi connectivity index (χ3v) is 3.51. The second kappa shape index (κ2) is 6.34. The first-order valence-electron chi connectivity index (χ1n) is 5.49. The molecule has 0 aromatic heterocycles. The van der Waals surface area contributed by atoms with Gasteiger partial charge in [-0.3, -0.25) is 9.59 Å². The SMILES string of the molecule is CCOC(=O)C(C)(C(=O)CBr)c1cccc(Cl)c1. The van der Waals surface area contributed by atoms with Gasteiger partial charge in [0.05, 0.1) is 11.9 Å². The number of ketones is 1. The van der Waals surface area contributed by atoms with Crippen molar-refractivity contribution >= 4 is 39.3 Å². The predicted octanol–water partition coefficient (Wildman–Crippen LogP) is 3.12. The highest BCUT2D eigenvalue weighted by Gasteiger charge is 2.43. The number of Topliss-reactive ketones (excluding diaryl/α,β-unsaturated/α-hetero) is 1. The van der Waals surface area contributed by atoms with Crippen LogP contribution in [0.2, 0.25) is 5.02 Å². The van der Waals surface area contributed by atoms with Gasteiger partial charge in [-0.25, -0.2) is 0 Å². The average Bonchev–Trinajstić information content (AvgIpc) is 2.37. The van der Waals surface area contributed by atoms with Crippen LogP contribution in [0, 0.1) is 0 Å². The molecule has 5 heteroatoms. The van der Waals surface area contributed by atoms with Crippen LogP contribution in [-0.4, -0.2) is 23.7 Å². The molecule has 3 nitrogen and oxygen atoms in total. The fourth-order valence-corrected chi connectivity index (χ4v) is 2.35. The summed E-state index contributed by atoms with van der Waals surface area (Å²) in [6.07, 6.45) is 0. The smallest absolute Gasteiger partial charge is 0.323 e. The van der Waals surface area contributed by atoms with Gasteiger partial charge in [-0.2, -0.15) is 0 Å². The highest BCUT2D eigenvalue weighted by molar-refractivity contribution is 9.09. The maximum atomic E-state index is 12.1. The highest BCUT2D eigenvalue weighted by Crippen LogP contribution is 2.29. The maximum absolute atomic E-state index is 12.1. The first-order chi connectivity index (χ1) is 8.46. The van der Waals surface area contributed by atoms with E-state index in [1.54, 1.807) is 38.1 Å². The summed E-state index contributed by atoms with van der Waals surface area (Å²) in [5.41, 5.74) is -0.789. The molecule has 0 aliphatic heterocycles. The lowest BCUT2D eigenvalue weighted by atomic mass is 9.79. The molecular weight excluding hydrogens is 319 g/mol. The van der Waals surface area contributed by atoms with Gasteiger partial charge in [0.15, 0.2) is 5.78 Å². The van der Waals surface area contributed by atoms with Crippen LogP contribution < -0.4 is 0 Å². The lowest BCUT2D eigenvalue weighted by Gasteiger charge is -2.25. The topological polar surface area (TPSA) is 43.4 Å². The van der Waals surface area contributed by atoms with Crippen molar-refractivity contribution in [3.63, 3.8) is 0 Å². The lowest BCUT2D eigenvalue weighted by molar-refractivity contribution is -0.152. The van der Waals surface area contributed by atoms with E-state index < -0.39 is 11.4 Å². The Morgan fingerprint density at radius 2 is 2.11 bits per heavy atom. The molecule has 0 aliphatic carbocycles. The average molecular weight is 334 g/mol. The molecule has 0 heterocycles. The Bertz CT molecular complexity index is 461. The molecule has 0 radical (unpaired) electrons. The van der Waals surface area contributed by atoms with Crippen LogP contribution in [0.5, 0.6) is 0 Å². The van der Waals surface area contributed by atoms with E-state index in [0.717, 1.165) is 0 Å². The Balaban J connectivity index is 3.28. The predicted molar refractivity (Wildman–Crippen MR) is 74.2 cm³/mol. The third kappa shape index (κ3) is 2.93. The van der Waals surface area contributed by atoms with Crippen molar-refractivity contribution in [2.45, 2.75) is 19.3 Å². The molecule has 1 rings (SSSR count). The second-order valence-corrected chi connectivity index (χ2v) is 4.91. The zero-order valence-corrected chi connectivity index (χ0v) is 12.5. The molecule has 98 valence electrons. The highest BCUT2D eigenvalue weighted by atomic mass is 79.9. The maximum Gasteiger partial charge on any atom is 0.323 e. The summed E-state index contributed by atoms with van der Waals surface area (Å²) in [5, 5.41) is 0.555. The molecule has 0 aliphatic rings. The Labute approximate surface area is 120 Å². The minimum Gasteiger partial charge on any atom is -0.465 e. The molecule has 1 aromatic carbocycles. The summed E-state index contributed by atoms with van der Waals surface area (Å²) < 4.78 is 5.00. The summed E-state index contributed by atoms with van der Waals surface area (Å²) in [6.45, 7) is 3.49. The van der Waals surface area contributed by atoms with Gasteiger partial charge < -0.3 is 4.74 Å². The Kier molecular flexibility index (Phi) is 5.35. The number of rotatable bonds is 5. The van der Waals surface area contributed by atoms with E-state index in [2.05, 4.69) is 15.9 Å². The molecule has 0 saturated carbocycles. The molecular formula is C13H14BrClO3. The molecule has 0 N–H and O–H groups in total. The third-order valence-electron chi connectivity index (χ3n) is 2.76. The standard InChI is InChI=1S/C13H14BrClO3/c1-3-18-12(17)13(2,11(16)8-14)9-5-4-6-10(15)7-9/h4-7H,3,8H2,1-2H3. The van der Waals surface area contributed by atoms with Crippen molar-refractivity contribution < 1.29 is 14.3 Å². The minimum absolute atomic E-state index is 0.0782. The molecule has 0 saturated heterocycles. The van der Waals surface area contributed by atoms with Crippen LogP contribution in [0.1, 0.15) is 19.4 Å². The number of carbonyl (C=O) groups excluding carboxylic acids is 2. The summed E-state index contributed by atoms with van der Waals surface area (Å²) in [6, 6.07) is 6.70. The van der Waals surface area contributed by atoms with Crippen LogP contribution in [0.3, 0.4) is 0 Å². The number of ether oxygens (including phenoxy) is 1. The first kappa shape index (κ1) is 15.2. The molecule has 18 heavy (non-hydrogen) atoms. The summed E-state index contributed by atoms with van der Waals surface area (Å²) in [7, 11) is 0. The molecule has 1 atom stereocenters. The van der Waals surface area contributed by atoms with Gasteiger partial charge in [-0.1, -0.05) is 39.7 Å². The fourth-order valence-electron chi connectivity index (χ4n) is 1.60. The van der Waals surface area contributed by atoms with Gasteiger partial charge in [0, 0.05) is 5.02 Å². The van der Waals surface area contributed by atoms with Crippen molar-refractivity contribution in [1.82, 2.24) is 0 Å². The van der Waals surface area contributed by atoms with Gasteiger partial charge in [0.2, 0.25) is 0 Å². The van der Waals surface area contributed by atoms with Crippen molar-refractivity contribution in [2.24, 2.45) is 0 Å². The number of benzene rings is 1. The zero-order chi connectivity index (χ0) is 13.8. The molecule has 1 aromatic rings. The summed E-state index contributed by atoms with van der Waals surface area (Å²) in [4.78, 5) is 24.1. The van der Waals surface area contributed by atoms with Crippen LogP contribution in [0.25, 0.3) is 0 Å². The van der Waals surface area contributed by atoms with Crippen molar-refractivity contribution in [1.29, 1.82) is 0 Å². The van der Waals surface area contributed by atoms with Crippen LogP contribution in [0.15, 0.2) is 24.3 Å². The van der Waals surface area contributed by atoms with Crippen molar-refractivity contribution in [3.8, 4) is 0 Å². The Morgan fingerprint density at radius 1 is 1.44 bits per heavy atom. The number of hydrogen-bond acceptors (Lipinski definition) is 3. The van der Waals surface area contributed by atoms with E-state index in [9.17, 15) is 9.59 Å². The number of carbonyl (C=O) groups is 2. The van der Waals surface area contributed by atoms with Gasteiger partial charge in [0.25, 0.3) is 0 Å². The second-order valence-electron chi connectivity index (χ2n) is 3.91. The number of halogens is 2. The van der Waals surface area contributed by atoms with E-state index in [1.807, 2.05) is 0 Å². The van der Waals surface area contributed by atoms with Gasteiger partial charge in [-0.15, -0.1) is 0 Å². The van der Waals surface area contributed by atoms with E-state index in [0.29, 0.717) is 10.6 Å². The molecule has 0 spiro atoms. The first-order valence-corrected chi connectivity index (χ1v) is 6.99. The van der Waals surface area contributed by atoms with Crippen LogP contribution in [0.4, 0.5) is 0 Å². The number of esters is 1. The minimum atomic E-state index is -1.33. The van der Waals surface area contributed by atoms with Gasteiger partial charge >= 0.3 is 5.97 Å². The summed E-state index contributed by atoms with van der Waals surface area (Å²) >= 11 is 9.00. The normalized spacial score (nSPS) is 13.8. The quantitative estimate of drug-likeness (QED) is 0.472. The van der Waals surface area contributed by atoms with E-state index in [-0.39, 0.29) is 17.7 Å². The number of alkyl halides is 1. The van der Waals surface area contributed by atoms with Crippen molar-refractivity contribution in [3.05, 3.63) is 34.9 Å². The van der Waals surface area contributed by atoms with E-state index in [1.165, 1.54) is 0 Å². The summed E-state index contributed by atoms with van der Waals surface area (Å²) in [5.74, 6) is -0.820. The monoisotopic (exact) mass is 332 g/mol. The van der Waals surface area contributed by atoms with Crippen LogP contribution >= 0.6 is 27.5 Å². The van der Waals surface area contributed by atoms with E-state index in [4.69, 9.17) is 16.3 Å². The van der Waals surface area contributed by atoms with Crippen LogP contribution in [-0.2, 0) is 19.7 Å². The van der Waals surface area contributed by atoms with E-state index >= 15 is 0 Å².